The molecule has 0 bridgehead atoms. The Balaban J connectivity index is 3.33. The standard InChI is InChI=1S/C8H6FIO3/c1-13-4-2-5(8(11)12)7(9)6(10)3-4/h2-3H,1H3,(H,11,12). The number of carbonyl (C=O) groups is 1. The zero-order valence-corrected chi connectivity index (χ0v) is 8.83. The van der Waals surface area contributed by atoms with Crippen LogP contribution in [0.5, 0.6) is 5.75 Å². The summed E-state index contributed by atoms with van der Waals surface area (Å²) in [7, 11) is 1.40. The van der Waals surface area contributed by atoms with Crippen LogP contribution in [-0.2, 0) is 0 Å². The molecule has 3 nitrogen and oxygen atoms in total. The van der Waals surface area contributed by atoms with Crippen LogP contribution in [0, 0.1) is 9.39 Å². The molecule has 0 amide bonds. The molecule has 0 unspecified atom stereocenters. The van der Waals surface area contributed by atoms with Gasteiger partial charge in [-0.1, -0.05) is 0 Å². The molecule has 0 aliphatic heterocycles. The lowest BCUT2D eigenvalue weighted by Gasteiger charge is -2.04. The van der Waals surface area contributed by atoms with E-state index in [4.69, 9.17) is 9.84 Å². The van der Waals surface area contributed by atoms with E-state index in [-0.39, 0.29) is 9.13 Å². The monoisotopic (exact) mass is 296 g/mol. The Morgan fingerprint density at radius 1 is 1.62 bits per heavy atom. The maximum Gasteiger partial charge on any atom is 0.338 e. The van der Waals surface area contributed by atoms with Gasteiger partial charge in [0.15, 0.2) is 5.82 Å². The highest BCUT2D eigenvalue weighted by Gasteiger charge is 2.14. The molecular weight excluding hydrogens is 290 g/mol. The fraction of sp³-hybridized carbons (Fsp3) is 0.125. The molecule has 1 aromatic carbocycles. The van der Waals surface area contributed by atoms with Crippen LogP contribution in [0.25, 0.3) is 0 Å². The zero-order chi connectivity index (χ0) is 10.0. The Labute approximate surface area is 87.7 Å². The Hall–Kier alpha value is -0.850. The van der Waals surface area contributed by atoms with E-state index in [1.54, 1.807) is 22.6 Å². The van der Waals surface area contributed by atoms with E-state index in [0.717, 1.165) is 6.07 Å². The fourth-order valence-electron chi connectivity index (χ4n) is 0.838. The van der Waals surface area contributed by atoms with Crippen molar-refractivity contribution >= 4 is 28.6 Å². The summed E-state index contributed by atoms with van der Waals surface area (Å²) in [5.41, 5.74) is -0.372. The molecule has 0 aromatic heterocycles. The Morgan fingerprint density at radius 3 is 2.69 bits per heavy atom. The molecule has 0 spiro atoms. The summed E-state index contributed by atoms with van der Waals surface area (Å²) in [6.45, 7) is 0. The lowest BCUT2D eigenvalue weighted by Crippen LogP contribution is -2.03. The summed E-state index contributed by atoms with van der Waals surface area (Å²) in [4.78, 5) is 10.5. The molecular formula is C8H6FIO3. The van der Waals surface area contributed by atoms with Crippen molar-refractivity contribution in [2.45, 2.75) is 0 Å². The summed E-state index contributed by atoms with van der Waals surface area (Å²) >= 11 is 1.71. The normalized spacial score (nSPS) is 9.77. The molecule has 0 atom stereocenters. The van der Waals surface area contributed by atoms with Crippen LogP contribution in [0.1, 0.15) is 10.4 Å². The number of ether oxygens (including phenoxy) is 1. The number of halogens is 2. The fourth-order valence-corrected chi connectivity index (χ4v) is 1.44. The van der Waals surface area contributed by atoms with E-state index in [1.807, 2.05) is 0 Å². The molecule has 0 aliphatic rings. The minimum Gasteiger partial charge on any atom is -0.497 e. The summed E-state index contributed by atoms with van der Waals surface area (Å²) < 4.78 is 18.2. The van der Waals surface area contributed by atoms with E-state index in [2.05, 4.69) is 0 Å². The van der Waals surface area contributed by atoms with Crippen molar-refractivity contribution in [1.82, 2.24) is 0 Å². The van der Waals surface area contributed by atoms with Crippen molar-refractivity contribution in [1.29, 1.82) is 0 Å². The lowest BCUT2D eigenvalue weighted by atomic mass is 10.2. The van der Waals surface area contributed by atoms with Crippen molar-refractivity contribution in [3.05, 3.63) is 27.1 Å². The highest BCUT2D eigenvalue weighted by molar-refractivity contribution is 14.1. The first-order valence-electron chi connectivity index (χ1n) is 3.32. The Morgan fingerprint density at radius 2 is 2.23 bits per heavy atom. The van der Waals surface area contributed by atoms with Gasteiger partial charge in [-0.25, -0.2) is 9.18 Å². The number of carboxylic acids is 1. The van der Waals surface area contributed by atoms with Gasteiger partial charge in [-0.3, -0.25) is 0 Å². The summed E-state index contributed by atoms with van der Waals surface area (Å²) in [5.74, 6) is -1.69. The van der Waals surface area contributed by atoms with Crippen LogP contribution >= 0.6 is 22.6 Å². The first-order valence-corrected chi connectivity index (χ1v) is 4.40. The second-order valence-corrected chi connectivity index (χ2v) is 3.44. The van der Waals surface area contributed by atoms with Gasteiger partial charge >= 0.3 is 5.97 Å². The average Bonchev–Trinajstić information content (AvgIpc) is 2.09. The van der Waals surface area contributed by atoms with E-state index in [0.29, 0.717) is 5.75 Å². The number of hydrogen-bond acceptors (Lipinski definition) is 2. The maximum atomic E-state index is 13.1. The molecule has 0 saturated carbocycles. The van der Waals surface area contributed by atoms with Gasteiger partial charge in [-0.15, -0.1) is 0 Å². The predicted octanol–water partition coefficient (Wildman–Crippen LogP) is 2.14. The van der Waals surface area contributed by atoms with Gasteiger partial charge in [-0.05, 0) is 34.7 Å². The zero-order valence-electron chi connectivity index (χ0n) is 6.67. The second-order valence-electron chi connectivity index (χ2n) is 2.28. The van der Waals surface area contributed by atoms with Crippen LogP contribution < -0.4 is 4.74 Å². The molecule has 5 heteroatoms. The number of methoxy groups -OCH3 is 1. The topological polar surface area (TPSA) is 46.5 Å². The van der Waals surface area contributed by atoms with Crippen LogP contribution in [0.2, 0.25) is 0 Å². The summed E-state index contributed by atoms with van der Waals surface area (Å²) in [6, 6.07) is 2.59. The van der Waals surface area contributed by atoms with E-state index < -0.39 is 11.8 Å². The smallest absolute Gasteiger partial charge is 0.338 e. The molecule has 1 aromatic rings. The lowest BCUT2D eigenvalue weighted by molar-refractivity contribution is 0.0691. The van der Waals surface area contributed by atoms with Gasteiger partial charge in [0.25, 0.3) is 0 Å². The summed E-state index contributed by atoms with van der Waals surface area (Å²) in [5, 5.41) is 8.61. The number of aromatic carboxylic acids is 1. The quantitative estimate of drug-likeness (QED) is 0.851. The molecule has 13 heavy (non-hydrogen) atoms. The number of rotatable bonds is 2. The molecule has 1 rings (SSSR count). The van der Waals surface area contributed by atoms with Crippen molar-refractivity contribution in [2.75, 3.05) is 7.11 Å². The van der Waals surface area contributed by atoms with Crippen LogP contribution in [-0.4, -0.2) is 18.2 Å². The minimum absolute atomic E-state index is 0.231. The summed E-state index contributed by atoms with van der Waals surface area (Å²) in [6.07, 6.45) is 0. The molecule has 0 aliphatic carbocycles. The SMILES string of the molecule is COc1cc(I)c(F)c(C(=O)O)c1. The third kappa shape index (κ3) is 2.09. The molecule has 0 heterocycles. The molecule has 0 fully saturated rings. The highest BCUT2D eigenvalue weighted by Crippen LogP contribution is 2.22. The number of benzene rings is 1. The number of carboxylic acid groups (broad SMARTS) is 1. The molecule has 0 radical (unpaired) electrons. The first-order chi connectivity index (χ1) is 6.06. The maximum absolute atomic E-state index is 13.1. The van der Waals surface area contributed by atoms with E-state index in [9.17, 15) is 9.18 Å². The first kappa shape index (κ1) is 10.2. The van der Waals surface area contributed by atoms with Gasteiger partial charge < -0.3 is 9.84 Å². The van der Waals surface area contributed by atoms with Gasteiger partial charge in [-0.2, -0.15) is 0 Å². The van der Waals surface area contributed by atoms with Gasteiger partial charge in [0, 0.05) is 0 Å². The third-order valence-electron chi connectivity index (χ3n) is 1.47. The van der Waals surface area contributed by atoms with E-state index >= 15 is 0 Å². The molecule has 0 saturated heterocycles. The molecule has 70 valence electrons. The van der Waals surface area contributed by atoms with Crippen molar-refractivity contribution in [3.63, 3.8) is 0 Å². The second kappa shape index (κ2) is 3.91. The van der Waals surface area contributed by atoms with Crippen molar-refractivity contribution in [3.8, 4) is 5.75 Å². The van der Waals surface area contributed by atoms with Gasteiger partial charge in [0.2, 0.25) is 0 Å². The number of hydrogen-bond donors (Lipinski definition) is 1. The Kier molecular flexibility index (Phi) is 3.07. The average molecular weight is 296 g/mol. The predicted molar refractivity (Wildman–Crippen MR) is 52.6 cm³/mol. The van der Waals surface area contributed by atoms with Crippen molar-refractivity contribution < 1.29 is 19.0 Å². The van der Waals surface area contributed by atoms with Gasteiger partial charge in [0.05, 0.1) is 16.2 Å². The molecule has 1 N–H and O–H groups in total. The van der Waals surface area contributed by atoms with Crippen LogP contribution in [0.4, 0.5) is 4.39 Å². The third-order valence-corrected chi connectivity index (χ3v) is 2.25. The van der Waals surface area contributed by atoms with Crippen molar-refractivity contribution in [2.24, 2.45) is 0 Å². The minimum atomic E-state index is -1.30. The van der Waals surface area contributed by atoms with Crippen LogP contribution in [0.15, 0.2) is 12.1 Å². The highest BCUT2D eigenvalue weighted by atomic mass is 127. The largest absolute Gasteiger partial charge is 0.497 e. The van der Waals surface area contributed by atoms with Gasteiger partial charge in [0.1, 0.15) is 5.75 Å². The van der Waals surface area contributed by atoms with E-state index in [1.165, 1.54) is 13.2 Å². The Bertz CT molecular complexity index is 351. The van der Waals surface area contributed by atoms with Crippen LogP contribution in [0.3, 0.4) is 0 Å².